The van der Waals surface area contributed by atoms with E-state index in [9.17, 15) is 19.6 Å². The molecule has 1 aromatic heterocycles. The van der Waals surface area contributed by atoms with Gasteiger partial charge in [-0.05, 0) is 17.0 Å². The van der Waals surface area contributed by atoms with E-state index in [1.54, 1.807) is 6.92 Å². The van der Waals surface area contributed by atoms with Crippen molar-refractivity contribution >= 4 is 18.1 Å². The summed E-state index contributed by atoms with van der Waals surface area (Å²) in [5.74, 6) is -0.978. The number of hydrogen-bond donors (Lipinski definition) is 1. The SMILES string of the molecule is CC(C=O)CC(C)(C)C(Cc1cn(O)nn1)N1C(=O)C=CC1=O. The summed E-state index contributed by atoms with van der Waals surface area (Å²) in [7, 11) is 0. The molecule has 0 aliphatic carbocycles. The molecule has 2 rings (SSSR count). The first kappa shape index (κ1) is 16.9. The summed E-state index contributed by atoms with van der Waals surface area (Å²) in [6.45, 7) is 5.60. The van der Waals surface area contributed by atoms with Crippen LogP contribution in [0.3, 0.4) is 0 Å². The minimum atomic E-state index is -0.517. The van der Waals surface area contributed by atoms with E-state index in [1.807, 2.05) is 13.8 Å². The molecule has 0 fully saturated rings. The van der Waals surface area contributed by atoms with Gasteiger partial charge in [0, 0.05) is 24.5 Å². The van der Waals surface area contributed by atoms with Crippen molar-refractivity contribution in [1.29, 1.82) is 0 Å². The maximum absolute atomic E-state index is 12.1. The fourth-order valence-electron chi connectivity index (χ4n) is 3.03. The van der Waals surface area contributed by atoms with E-state index in [4.69, 9.17) is 0 Å². The standard InChI is InChI=1S/C15H20N4O4/c1-10(9-20)7-15(2,3)12(6-11-8-18(23)17-16-11)19-13(21)4-5-14(19)22/h4-5,8-10,12,23H,6-7H2,1-3H3. The van der Waals surface area contributed by atoms with Crippen molar-refractivity contribution in [3.05, 3.63) is 24.0 Å². The molecule has 8 nitrogen and oxygen atoms in total. The quantitative estimate of drug-likeness (QED) is 0.448. The first-order valence-corrected chi connectivity index (χ1v) is 7.35. The zero-order chi connectivity index (χ0) is 17.2. The van der Waals surface area contributed by atoms with Crippen molar-refractivity contribution in [3.8, 4) is 0 Å². The summed E-state index contributed by atoms with van der Waals surface area (Å²) in [5, 5.41) is 16.5. The lowest BCUT2D eigenvalue weighted by Crippen LogP contribution is -2.50. The average molecular weight is 320 g/mol. The average Bonchev–Trinajstić information content (AvgIpc) is 3.02. The van der Waals surface area contributed by atoms with Crippen molar-refractivity contribution in [1.82, 2.24) is 20.1 Å². The molecule has 1 N–H and O–H groups in total. The number of rotatable bonds is 7. The van der Waals surface area contributed by atoms with Crippen molar-refractivity contribution in [2.24, 2.45) is 11.3 Å². The number of aromatic nitrogens is 3. The van der Waals surface area contributed by atoms with Crippen LogP contribution in [0, 0.1) is 11.3 Å². The third kappa shape index (κ3) is 3.64. The maximum atomic E-state index is 12.1. The molecule has 124 valence electrons. The minimum Gasteiger partial charge on any atom is -0.411 e. The number of nitrogens with zero attached hydrogens (tertiary/aromatic N) is 4. The molecule has 2 amide bonds. The van der Waals surface area contributed by atoms with E-state index in [0.29, 0.717) is 17.0 Å². The van der Waals surface area contributed by atoms with Gasteiger partial charge in [0.25, 0.3) is 11.8 Å². The largest absolute Gasteiger partial charge is 0.411 e. The molecule has 0 bridgehead atoms. The number of aldehydes is 1. The Bertz CT molecular complexity index is 632. The zero-order valence-electron chi connectivity index (χ0n) is 13.3. The highest BCUT2D eigenvalue weighted by atomic mass is 16.5. The lowest BCUT2D eigenvalue weighted by atomic mass is 9.75. The van der Waals surface area contributed by atoms with Crippen molar-refractivity contribution in [2.75, 3.05) is 0 Å². The minimum absolute atomic E-state index is 0.207. The van der Waals surface area contributed by atoms with Gasteiger partial charge in [0.2, 0.25) is 0 Å². The van der Waals surface area contributed by atoms with E-state index in [-0.39, 0.29) is 24.2 Å². The summed E-state index contributed by atoms with van der Waals surface area (Å²) in [6, 6.07) is -0.503. The topological polar surface area (TPSA) is 105 Å². The Morgan fingerprint density at radius 1 is 1.30 bits per heavy atom. The van der Waals surface area contributed by atoms with Crippen LogP contribution in [0.1, 0.15) is 32.9 Å². The Balaban J connectivity index is 2.32. The van der Waals surface area contributed by atoms with Crippen molar-refractivity contribution < 1.29 is 19.6 Å². The van der Waals surface area contributed by atoms with E-state index >= 15 is 0 Å². The normalized spacial score (nSPS) is 17.6. The molecule has 0 saturated heterocycles. The molecule has 1 aliphatic heterocycles. The van der Waals surface area contributed by atoms with Crippen LogP contribution in [-0.4, -0.2) is 49.4 Å². The van der Waals surface area contributed by atoms with E-state index < -0.39 is 11.5 Å². The van der Waals surface area contributed by atoms with E-state index in [0.717, 1.165) is 6.29 Å². The maximum Gasteiger partial charge on any atom is 0.253 e. The molecule has 0 aromatic carbocycles. The Kier molecular flexibility index (Phi) is 4.63. The molecule has 8 heteroatoms. The van der Waals surface area contributed by atoms with Gasteiger partial charge in [-0.1, -0.05) is 25.6 Å². The van der Waals surface area contributed by atoms with Crippen LogP contribution in [0.25, 0.3) is 0 Å². The first-order chi connectivity index (χ1) is 10.7. The lowest BCUT2D eigenvalue weighted by molar-refractivity contribution is -0.142. The first-order valence-electron chi connectivity index (χ1n) is 7.35. The van der Waals surface area contributed by atoms with Crippen LogP contribution >= 0.6 is 0 Å². The van der Waals surface area contributed by atoms with Crippen molar-refractivity contribution in [2.45, 2.75) is 39.7 Å². The molecular weight excluding hydrogens is 300 g/mol. The number of carbonyl (C=O) groups excluding carboxylic acids is 3. The van der Waals surface area contributed by atoms with Gasteiger partial charge in [0.05, 0.1) is 17.9 Å². The van der Waals surface area contributed by atoms with Gasteiger partial charge in [-0.2, -0.15) is 0 Å². The molecule has 2 atom stereocenters. The fraction of sp³-hybridized carbons (Fsp3) is 0.533. The predicted octanol–water partition coefficient (Wildman–Crippen LogP) is 0.603. The molecule has 0 saturated carbocycles. The third-order valence-corrected chi connectivity index (χ3v) is 4.07. The molecule has 0 spiro atoms. The second kappa shape index (κ2) is 6.31. The predicted molar refractivity (Wildman–Crippen MR) is 79.3 cm³/mol. The summed E-state index contributed by atoms with van der Waals surface area (Å²) < 4.78 is 0. The summed E-state index contributed by atoms with van der Waals surface area (Å²) >= 11 is 0. The second-order valence-corrected chi connectivity index (χ2v) is 6.54. The van der Waals surface area contributed by atoms with Crippen LogP contribution in [0.5, 0.6) is 0 Å². The smallest absolute Gasteiger partial charge is 0.253 e. The van der Waals surface area contributed by atoms with Crippen LogP contribution < -0.4 is 0 Å². The Morgan fingerprint density at radius 2 is 1.91 bits per heavy atom. The van der Waals surface area contributed by atoms with E-state index in [1.165, 1.54) is 23.2 Å². The van der Waals surface area contributed by atoms with Crippen molar-refractivity contribution in [3.63, 3.8) is 0 Å². The highest BCUT2D eigenvalue weighted by Crippen LogP contribution is 2.35. The monoisotopic (exact) mass is 320 g/mol. The Labute approximate surface area is 133 Å². The van der Waals surface area contributed by atoms with Gasteiger partial charge in [-0.3, -0.25) is 14.5 Å². The van der Waals surface area contributed by atoms with Gasteiger partial charge >= 0.3 is 0 Å². The molecule has 0 radical (unpaired) electrons. The molecule has 23 heavy (non-hydrogen) atoms. The van der Waals surface area contributed by atoms with E-state index in [2.05, 4.69) is 10.3 Å². The molecule has 1 aromatic rings. The molecule has 1 aliphatic rings. The number of amides is 2. The molecular formula is C15H20N4O4. The van der Waals surface area contributed by atoms with Crippen LogP contribution in [-0.2, 0) is 20.8 Å². The summed E-state index contributed by atoms with van der Waals surface area (Å²) in [4.78, 5) is 36.9. The highest BCUT2D eigenvalue weighted by molar-refractivity contribution is 6.13. The second-order valence-electron chi connectivity index (χ2n) is 6.54. The number of carbonyl (C=O) groups is 3. The van der Waals surface area contributed by atoms with Crippen LogP contribution in [0.2, 0.25) is 0 Å². The highest BCUT2D eigenvalue weighted by Gasteiger charge is 2.41. The van der Waals surface area contributed by atoms with Gasteiger partial charge in [-0.25, -0.2) is 0 Å². The van der Waals surface area contributed by atoms with Gasteiger partial charge in [-0.15, -0.1) is 5.10 Å². The summed E-state index contributed by atoms with van der Waals surface area (Å²) in [6.07, 6.45) is 5.40. The summed E-state index contributed by atoms with van der Waals surface area (Å²) in [5.41, 5.74) is -0.0616. The van der Waals surface area contributed by atoms with Gasteiger partial charge in [0.1, 0.15) is 6.29 Å². The van der Waals surface area contributed by atoms with Gasteiger partial charge < -0.3 is 10.0 Å². The number of hydrogen-bond acceptors (Lipinski definition) is 6. The third-order valence-electron chi connectivity index (χ3n) is 4.07. The van der Waals surface area contributed by atoms with Crippen LogP contribution in [0.4, 0.5) is 0 Å². The van der Waals surface area contributed by atoms with Crippen LogP contribution in [0.15, 0.2) is 18.3 Å². The zero-order valence-corrected chi connectivity index (χ0v) is 13.3. The fourth-order valence-corrected chi connectivity index (χ4v) is 3.03. The molecule has 2 unspecified atom stereocenters. The molecule has 2 heterocycles. The number of imide groups is 1. The Hall–Kier alpha value is -2.51. The lowest BCUT2D eigenvalue weighted by Gasteiger charge is -2.40. The van der Waals surface area contributed by atoms with Gasteiger partial charge in [0.15, 0.2) is 0 Å². The Morgan fingerprint density at radius 3 is 2.39 bits per heavy atom.